The number of amides is 1. The third kappa shape index (κ3) is 4.49. The molecule has 3 N–H and O–H groups in total. The van der Waals surface area contributed by atoms with Gasteiger partial charge in [0.05, 0.1) is 5.69 Å². The summed E-state index contributed by atoms with van der Waals surface area (Å²) in [6, 6.07) is 2.41. The molecule has 0 spiro atoms. The third-order valence-corrected chi connectivity index (χ3v) is 3.72. The molecule has 0 bridgehead atoms. The van der Waals surface area contributed by atoms with Crippen LogP contribution in [0.1, 0.15) is 49.6 Å². The summed E-state index contributed by atoms with van der Waals surface area (Å²) in [5, 5.41) is 3.18. The van der Waals surface area contributed by atoms with Gasteiger partial charge in [0.25, 0.3) is 5.91 Å². The van der Waals surface area contributed by atoms with Crippen molar-refractivity contribution in [1.29, 1.82) is 0 Å². The fourth-order valence-electron chi connectivity index (χ4n) is 2.79. The van der Waals surface area contributed by atoms with Crippen LogP contribution in [0.25, 0.3) is 0 Å². The topological polar surface area (TPSA) is 63.3 Å². The highest BCUT2D eigenvalue weighted by molar-refractivity contribution is 5.94. The first-order chi connectivity index (χ1) is 9.86. The van der Waals surface area contributed by atoms with Crippen LogP contribution in [0.2, 0.25) is 0 Å². The molecule has 5 nitrogen and oxygen atoms in total. The third-order valence-electron chi connectivity index (χ3n) is 3.72. The smallest absolute Gasteiger partial charge is 0.268 e. The van der Waals surface area contributed by atoms with Crippen molar-refractivity contribution in [3.8, 4) is 0 Å². The van der Waals surface area contributed by atoms with E-state index in [1.807, 2.05) is 24.9 Å². The Kier molecular flexibility index (Phi) is 4.93. The number of nitrogens with zero attached hydrogens (tertiary/aromatic N) is 2. The number of anilines is 1. The molecular weight excluding hydrogens is 264 g/mol. The minimum Gasteiger partial charge on any atom is -0.397 e. The number of likely N-dealkylation sites (N-methyl/N-ethyl adjacent to an activating group) is 1. The number of nitrogens with two attached hydrogens (primary N) is 1. The standard InChI is InChI=1S/C16H28N4O/c1-11(2)7-13(10-19(3)4)18-16(21)15-8-12(17)9-20(15)14-5-6-14/h8-9,11,13-14H,5-7,10,17H2,1-4H3,(H,18,21). The molecule has 1 aliphatic carbocycles. The van der Waals surface area contributed by atoms with Crippen LogP contribution >= 0.6 is 0 Å². The zero-order valence-electron chi connectivity index (χ0n) is 13.6. The van der Waals surface area contributed by atoms with Gasteiger partial charge in [-0.15, -0.1) is 0 Å². The lowest BCUT2D eigenvalue weighted by Gasteiger charge is -2.24. The predicted octanol–water partition coefficient (Wildman–Crippen LogP) is 2.11. The molecule has 2 rings (SSSR count). The van der Waals surface area contributed by atoms with Gasteiger partial charge in [-0.2, -0.15) is 0 Å². The van der Waals surface area contributed by atoms with Crippen molar-refractivity contribution in [2.75, 3.05) is 26.4 Å². The number of rotatable bonds is 7. The monoisotopic (exact) mass is 292 g/mol. The van der Waals surface area contributed by atoms with Gasteiger partial charge in [-0.3, -0.25) is 4.79 Å². The first kappa shape index (κ1) is 15.9. The molecule has 1 aromatic heterocycles. The first-order valence-electron chi connectivity index (χ1n) is 7.79. The normalized spacial score (nSPS) is 16.5. The lowest BCUT2D eigenvalue weighted by Crippen LogP contribution is -2.43. The molecule has 1 aromatic rings. The van der Waals surface area contributed by atoms with E-state index in [0.717, 1.165) is 25.8 Å². The molecule has 1 saturated carbocycles. The van der Waals surface area contributed by atoms with Crippen molar-refractivity contribution in [3.63, 3.8) is 0 Å². The van der Waals surface area contributed by atoms with Gasteiger partial charge >= 0.3 is 0 Å². The number of hydrogen-bond donors (Lipinski definition) is 2. The molecule has 1 atom stereocenters. The summed E-state index contributed by atoms with van der Waals surface area (Å²) in [5.41, 5.74) is 7.23. The van der Waals surface area contributed by atoms with E-state index in [-0.39, 0.29) is 11.9 Å². The zero-order chi connectivity index (χ0) is 15.6. The summed E-state index contributed by atoms with van der Waals surface area (Å²) in [6.07, 6.45) is 5.14. The second-order valence-corrected chi connectivity index (χ2v) is 6.86. The van der Waals surface area contributed by atoms with Crippen molar-refractivity contribution >= 4 is 11.6 Å². The molecule has 0 aliphatic heterocycles. The first-order valence-corrected chi connectivity index (χ1v) is 7.79. The molecule has 0 saturated heterocycles. The Morgan fingerprint density at radius 3 is 2.67 bits per heavy atom. The molecule has 1 heterocycles. The maximum atomic E-state index is 12.6. The van der Waals surface area contributed by atoms with Gasteiger partial charge < -0.3 is 20.5 Å². The number of nitrogens with one attached hydrogen (secondary N) is 1. The van der Waals surface area contributed by atoms with E-state index in [2.05, 4.69) is 24.1 Å². The molecule has 1 aliphatic rings. The van der Waals surface area contributed by atoms with Crippen LogP contribution in [0.15, 0.2) is 12.3 Å². The Bertz CT molecular complexity index is 478. The second-order valence-electron chi connectivity index (χ2n) is 6.86. The minimum atomic E-state index is -0.00824. The SMILES string of the molecule is CC(C)CC(CN(C)C)NC(=O)c1cc(N)cn1C1CC1. The second kappa shape index (κ2) is 6.52. The quantitative estimate of drug-likeness (QED) is 0.809. The lowest BCUT2D eigenvalue weighted by atomic mass is 10.0. The summed E-state index contributed by atoms with van der Waals surface area (Å²) in [6.45, 7) is 5.21. The summed E-state index contributed by atoms with van der Waals surface area (Å²) in [5.74, 6) is 0.543. The highest BCUT2D eigenvalue weighted by Crippen LogP contribution is 2.37. The molecule has 21 heavy (non-hydrogen) atoms. The van der Waals surface area contributed by atoms with E-state index in [9.17, 15) is 4.79 Å². The Labute approximate surface area is 127 Å². The van der Waals surface area contributed by atoms with Gasteiger partial charge in [0.2, 0.25) is 0 Å². The lowest BCUT2D eigenvalue weighted by molar-refractivity contribution is 0.0915. The maximum Gasteiger partial charge on any atom is 0.268 e. The van der Waals surface area contributed by atoms with Crippen LogP contribution in [0.4, 0.5) is 5.69 Å². The number of aromatic nitrogens is 1. The summed E-state index contributed by atoms with van der Waals surface area (Å²) >= 11 is 0. The number of hydrogen-bond acceptors (Lipinski definition) is 3. The van der Waals surface area contributed by atoms with Crippen molar-refractivity contribution < 1.29 is 4.79 Å². The van der Waals surface area contributed by atoms with E-state index < -0.39 is 0 Å². The molecule has 0 aromatic carbocycles. The fourth-order valence-corrected chi connectivity index (χ4v) is 2.79. The van der Waals surface area contributed by atoms with Gasteiger partial charge in [-0.05, 0) is 45.3 Å². The van der Waals surface area contributed by atoms with Crippen molar-refractivity contribution in [3.05, 3.63) is 18.0 Å². The van der Waals surface area contributed by atoms with E-state index in [1.54, 1.807) is 6.07 Å². The predicted molar refractivity (Wildman–Crippen MR) is 86.4 cm³/mol. The van der Waals surface area contributed by atoms with Crippen LogP contribution in [0.3, 0.4) is 0 Å². The van der Waals surface area contributed by atoms with Crippen LogP contribution < -0.4 is 11.1 Å². The van der Waals surface area contributed by atoms with Crippen LogP contribution in [-0.4, -0.2) is 42.1 Å². The van der Waals surface area contributed by atoms with Crippen LogP contribution in [0, 0.1) is 5.92 Å². The minimum absolute atomic E-state index is 0.00824. The molecule has 118 valence electrons. The van der Waals surface area contributed by atoms with Gasteiger partial charge in [-0.1, -0.05) is 13.8 Å². The Balaban J connectivity index is 2.07. The Morgan fingerprint density at radius 2 is 2.14 bits per heavy atom. The summed E-state index contributed by atoms with van der Waals surface area (Å²) in [7, 11) is 4.06. The van der Waals surface area contributed by atoms with E-state index in [0.29, 0.717) is 23.3 Å². The number of carbonyl (C=O) groups excluding carboxylic acids is 1. The highest BCUT2D eigenvalue weighted by Gasteiger charge is 2.28. The van der Waals surface area contributed by atoms with Crippen molar-refractivity contribution in [2.24, 2.45) is 5.92 Å². The zero-order valence-corrected chi connectivity index (χ0v) is 13.6. The molecular formula is C16H28N4O. The molecule has 0 radical (unpaired) electrons. The van der Waals surface area contributed by atoms with Crippen LogP contribution in [-0.2, 0) is 0 Å². The maximum absolute atomic E-state index is 12.6. The summed E-state index contributed by atoms with van der Waals surface area (Å²) < 4.78 is 2.03. The van der Waals surface area contributed by atoms with Gasteiger partial charge in [0.1, 0.15) is 5.69 Å². The van der Waals surface area contributed by atoms with Gasteiger partial charge in [0.15, 0.2) is 0 Å². The number of nitrogen functional groups attached to an aromatic ring is 1. The highest BCUT2D eigenvalue weighted by atomic mass is 16.2. The Hall–Kier alpha value is -1.49. The largest absolute Gasteiger partial charge is 0.397 e. The Morgan fingerprint density at radius 1 is 1.48 bits per heavy atom. The van der Waals surface area contributed by atoms with E-state index in [4.69, 9.17) is 5.73 Å². The van der Waals surface area contributed by atoms with Crippen LogP contribution in [0.5, 0.6) is 0 Å². The average molecular weight is 292 g/mol. The number of carbonyl (C=O) groups is 1. The molecule has 1 fully saturated rings. The van der Waals surface area contributed by atoms with Gasteiger partial charge in [-0.25, -0.2) is 0 Å². The van der Waals surface area contributed by atoms with Gasteiger partial charge in [0, 0.05) is 24.8 Å². The molecule has 1 unspecified atom stereocenters. The average Bonchev–Trinajstić information content (AvgIpc) is 3.10. The molecule has 5 heteroatoms. The molecule has 1 amide bonds. The fraction of sp³-hybridized carbons (Fsp3) is 0.688. The van der Waals surface area contributed by atoms with E-state index >= 15 is 0 Å². The summed E-state index contributed by atoms with van der Waals surface area (Å²) in [4.78, 5) is 14.7. The van der Waals surface area contributed by atoms with E-state index in [1.165, 1.54) is 0 Å². The van der Waals surface area contributed by atoms with Crippen molar-refractivity contribution in [1.82, 2.24) is 14.8 Å². The van der Waals surface area contributed by atoms with Crippen molar-refractivity contribution in [2.45, 2.75) is 45.2 Å².